The number of rotatable bonds is 7. The lowest BCUT2D eigenvalue weighted by atomic mass is 10.1. The minimum absolute atomic E-state index is 0.0234. The summed E-state index contributed by atoms with van der Waals surface area (Å²) in [7, 11) is 0. The van der Waals surface area contributed by atoms with Gasteiger partial charge in [0, 0.05) is 17.4 Å². The first kappa shape index (κ1) is 18.9. The molecular formula is C21H19N3O4S. The van der Waals surface area contributed by atoms with Crippen LogP contribution in [-0.2, 0) is 9.59 Å². The number of para-hydroxylation sites is 1. The van der Waals surface area contributed by atoms with E-state index in [0.717, 1.165) is 17.0 Å². The van der Waals surface area contributed by atoms with E-state index in [4.69, 9.17) is 9.47 Å². The van der Waals surface area contributed by atoms with Gasteiger partial charge in [-0.05, 0) is 36.8 Å². The third-order valence-corrected chi connectivity index (χ3v) is 4.98. The predicted octanol–water partition coefficient (Wildman–Crippen LogP) is 3.94. The quantitative estimate of drug-likeness (QED) is 0.577. The molecule has 0 bridgehead atoms. The highest BCUT2D eigenvalue weighted by atomic mass is 32.1. The van der Waals surface area contributed by atoms with E-state index in [1.54, 1.807) is 6.07 Å². The minimum atomic E-state index is -0.183. The summed E-state index contributed by atoms with van der Waals surface area (Å²) >= 11 is 1.35. The van der Waals surface area contributed by atoms with Crippen LogP contribution in [0.4, 0.5) is 10.8 Å². The first-order valence-corrected chi connectivity index (χ1v) is 10.1. The lowest BCUT2D eigenvalue weighted by Crippen LogP contribution is -2.25. The summed E-state index contributed by atoms with van der Waals surface area (Å²) in [5.41, 5.74) is 2.18. The molecule has 0 spiro atoms. The van der Waals surface area contributed by atoms with Gasteiger partial charge >= 0.3 is 0 Å². The first-order valence-electron chi connectivity index (χ1n) is 9.18. The zero-order valence-corrected chi connectivity index (χ0v) is 16.3. The third kappa shape index (κ3) is 4.91. The summed E-state index contributed by atoms with van der Waals surface area (Å²) in [4.78, 5) is 28.1. The molecular weight excluding hydrogens is 390 g/mol. The van der Waals surface area contributed by atoms with Crippen LogP contribution in [0.1, 0.15) is 12.8 Å². The SMILES string of the molecule is O=C(CCCOc1ccccc1)Nc1nc(-c2ccc3c(c2)NC(=O)CO3)cs1. The number of anilines is 2. The van der Waals surface area contributed by atoms with Crippen molar-refractivity contribution in [3.63, 3.8) is 0 Å². The van der Waals surface area contributed by atoms with Gasteiger partial charge in [0.1, 0.15) is 11.5 Å². The van der Waals surface area contributed by atoms with Gasteiger partial charge in [0.2, 0.25) is 5.91 Å². The summed E-state index contributed by atoms with van der Waals surface area (Å²) in [5.74, 6) is 1.14. The Morgan fingerprint density at radius 3 is 2.97 bits per heavy atom. The van der Waals surface area contributed by atoms with Gasteiger partial charge in [-0.25, -0.2) is 4.98 Å². The maximum atomic E-state index is 12.1. The van der Waals surface area contributed by atoms with Crippen molar-refractivity contribution in [1.82, 2.24) is 4.98 Å². The standard InChI is InChI=1S/C21H19N3O4S/c25-19(7-4-10-27-15-5-2-1-3-6-15)24-21-23-17(13-29-21)14-8-9-18-16(11-14)22-20(26)12-28-18/h1-3,5-6,8-9,11,13H,4,7,10,12H2,(H,22,26)(H,23,24,25). The van der Waals surface area contributed by atoms with Crippen molar-refractivity contribution in [2.75, 3.05) is 23.8 Å². The molecule has 2 amide bonds. The zero-order valence-electron chi connectivity index (χ0n) is 15.5. The number of amides is 2. The molecule has 1 aliphatic rings. The molecule has 0 aliphatic carbocycles. The highest BCUT2D eigenvalue weighted by Crippen LogP contribution is 2.33. The highest BCUT2D eigenvalue weighted by Gasteiger charge is 2.17. The van der Waals surface area contributed by atoms with Crippen molar-refractivity contribution < 1.29 is 19.1 Å². The fraction of sp³-hybridized carbons (Fsp3) is 0.190. The molecule has 148 valence electrons. The van der Waals surface area contributed by atoms with Crippen LogP contribution < -0.4 is 20.1 Å². The second-order valence-electron chi connectivity index (χ2n) is 6.40. The Morgan fingerprint density at radius 2 is 2.10 bits per heavy atom. The lowest BCUT2D eigenvalue weighted by molar-refractivity contribution is -0.118. The van der Waals surface area contributed by atoms with E-state index in [-0.39, 0.29) is 18.4 Å². The number of hydrogen-bond donors (Lipinski definition) is 2. The number of aromatic nitrogens is 1. The molecule has 0 radical (unpaired) electrons. The van der Waals surface area contributed by atoms with E-state index in [1.165, 1.54) is 11.3 Å². The summed E-state index contributed by atoms with van der Waals surface area (Å²) < 4.78 is 11.0. The normalized spacial score (nSPS) is 12.5. The van der Waals surface area contributed by atoms with Crippen LogP contribution >= 0.6 is 11.3 Å². The highest BCUT2D eigenvalue weighted by molar-refractivity contribution is 7.14. The van der Waals surface area contributed by atoms with Gasteiger partial charge in [0.05, 0.1) is 18.0 Å². The lowest BCUT2D eigenvalue weighted by Gasteiger charge is -2.18. The summed E-state index contributed by atoms with van der Waals surface area (Å²) in [6.07, 6.45) is 0.966. The molecule has 2 aromatic carbocycles. The summed E-state index contributed by atoms with van der Waals surface area (Å²) in [6.45, 7) is 0.499. The van der Waals surface area contributed by atoms with Crippen LogP contribution in [0.5, 0.6) is 11.5 Å². The van der Waals surface area contributed by atoms with Crippen molar-refractivity contribution in [3.05, 3.63) is 53.9 Å². The number of benzene rings is 2. The molecule has 3 aromatic rings. The molecule has 2 N–H and O–H groups in total. The number of nitrogens with one attached hydrogen (secondary N) is 2. The van der Waals surface area contributed by atoms with E-state index < -0.39 is 0 Å². The number of carbonyl (C=O) groups is 2. The molecule has 1 aliphatic heterocycles. The van der Waals surface area contributed by atoms with Crippen LogP contribution in [0.25, 0.3) is 11.3 Å². The Labute approximate surface area is 171 Å². The van der Waals surface area contributed by atoms with E-state index in [2.05, 4.69) is 15.6 Å². The molecule has 7 nitrogen and oxygen atoms in total. The van der Waals surface area contributed by atoms with Crippen LogP contribution in [0, 0.1) is 0 Å². The van der Waals surface area contributed by atoms with Gasteiger partial charge < -0.3 is 20.1 Å². The van der Waals surface area contributed by atoms with Gasteiger partial charge in [0.15, 0.2) is 11.7 Å². The Kier molecular flexibility index (Phi) is 5.71. The van der Waals surface area contributed by atoms with Crippen LogP contribution in [0.2, 0.25) is 0 Å². The second kappa shape index (κ2) is 8.74. The van der Waals surface area contributed by atoms with Gasteiger partial charge in [-0.3, -0.25) is 9.59 Å². The Balaban J connectivity index is 1.29. The molecule has 1 aromatic heterocycles. The number of nitrogens with zero attached hydrogens (tertiary/aromatic N) is 1. The molecule has 0 atom stereocenters. The largest absolute Gasteiger partial charge is 0.494 e. The average Bonchev–Trinajstić information content (AvgIpc) is 3.20. The number of carbonyl (C=O) groups excluding carboxylic acids is 2. The van der Waals surface area contributed by atoms with E-state index in [0.29, 0.717) is 36.0 Å². The molecule has 4 rings (SSSR count). The average molecular weight is 409 g/mol. The number of thiazole rings is 1. The minimum Gasteiger partial charge on any atom is -0.494 e. The van der Waals surface area contributed by atoms with Gasteiger partial charge in [-0.1, -0.05) is 18.2 Å². The molecule has 0 unspecified atom stereocenters. The fourth-order valence-electron chi connectivity index (χ4n) is 2.83. The topological polar surface area (TPSA) is 89.5 Å². The van der Waals surface area contributed by atoms with Crippen LogP contribution in [-0.4, -0.2) is 30.0 Å². The summed E-state index contributed by atoms with van der Waals surface area (Å²) in [6, 6.07) is 15.0. The van der Waals surface area contributed by atoms with Crippen LogP contribution in [0.3, 0.4) is 0 Å². The number of hydrogen-bond acceptors (Lipinski definition) is 6. The second-order valence-corrected chi connectivity index (χ2v) is 7.26. The van der Waals surface area contributed by atoms with Crippen molar-refractivity contribution in [3.8, 4) is 22.8 Å². The number of ether oxygens (including phenoxy) is 2. The molecule has 0 saturated carbocycles. The van der Waals surface area contributed by atoms with Gasteiger partial charge in [-0.2, -0.15) is 0 Å². The van der Waals surface area contributed by atoms with Gasteiger partial charge in [-0.15, -0.1) is 11.3 Å². The predicted molar refractivity (Wildman–Crippen MR) is 111 cm³/mol. The maximum Gasteiger partial charge on any atom is 0.262 e. The smallest absolute Gasteiger partial charge is 0.262 e. The maximum absolute atomic E-state index is 12.1. The first-order chi connectivity index (χ1) is 14.2. The molecule has 0 saturated heterocycles. The summed E-state index contributed by atoms with van der Waals surface area (Å²) in [5, 5.41) is 7.99. The van der Waals surface area contributed by atoms with Crippen molar-refractivity contribution >= 4 is 34.0 Å². The van der Waals surface area contributed by atoms with Crippen molar-refractivity contribution in [1.29, 1.82) is 0 Å². The molecule has 2 heterocycles. The Hall–Kier alpha value is -3.39. The Bertz CT molecular complexity index is 1020. The number of fused-ring (bicyclic) bond motifs is 1. The van der Waals surface area contributed by atoms with Crippen LogP contribution in [0.15, 0.2) is 53.9 Å². The van der Waals surface area contributed by atoms with E-state index in [1.807, 2.05) is 47.8 Å². The molecule has 0 fully saturated rings. The van der Waals surface area contributed by atoms with E-state index in [9.17, 15) is 9.59 Å². The van der Waals surface area contributed by atoms with E-state index >= 15 is 0 Å². The molecule has 8 heteroatoms. The monoisotopic (exact) mass is 409 g/mol. The van der Waals surface area contributed by atoms with Crippen molar-refractivity contribution in [2.24, 2.45) is 0 Å². The van der Waals surface area contributed by atoms with Gasteiger partial charge in [0.25, 0.3) is 5.91 Å². The Morgan fingerprint density at radius 1 is 1.24 bits per heavy atom. The molecule has 29 heavy (non-hydrogen) atoms. The zero-order chi connectivity index (χ0) is 20.1. The third-order valence-electron chi connectivity index (χ3n) is 4.22. The van der Waals surface area contributed by atoms with Crippen molar-refractivity contribution in [2.45, 2.75) is 12.8 Å². The fourth-order valence-corrected chi connectivity index (χ4v) is 3.56.